The van der Waals surface area contributed by atoms with Crippen molar-refractivity contribution in [1.29, 1.82) is 0 Å². The van der Waals surface area contributed by atoms with Gasteiger partial charge in [0.05, 0.1) is 36.9 Å². The fraction of sp³-hybridized carbons (Fsp3) is 0.312. The molecule has 1 aromatic heterocycles. The Labute approximate surface area is 129 Å². The molecule has 0 aliphatic rings. The van der Waals surface area contributed by atoms with Crippen LogP contribution in [0.4, 0.5) is 0 Å². The van der Waals surface area contributed by atoms with Gasteiger partial charge in [0.2, 0.25) is 0 Å². The molecule has 1 heterocycles. The Kier molecular flexibility index (Phi) is 5.30. The molecule has 0 amide bonds. The van der Waals surface area contributed by atoms with Gasteiger partial charge in [-0.25, -0.2) is 4.79 Å². The number of aryl methyl sites for hydroxylation is 1. The van der Waals surface area contributed by atoms with Crippen molar-refractivity contribution in [2.45, 2.75) is 20.5 Å². The van der Waals surface area contributed by atoms with Crippen LogP contribution in [0.1, 0.15) is 28.7 Å². The summed E-state index contributed by atoms with van der Waals surface area (Å²) in [5.41, 5.74) is 1.94. The predicted molar refractivity (Wildman–Crippen MR) is 80.1 cm³/mol. The molecule has 0 aliphatic carbocycles. The Bertz CT molecular complexity index is 641. The number of benzene rings is 1. The van der Waals surface area contributed by atoms with Gasteiger partial charge < -0.3 is 14.2 Å². The van der Waals surface area contributed by atoms with Crippen molar-refractivity contribution in [3.05, 3.63) is 47.5 Å². The normalized spacial score (nSPS) is 10.1. The molecule has 0 aliphatic heterocycles. The van der Waals surface area contributed by atoms with Crippen molar-refractivity contribution in [3.63, 3.8) is 0 Å². The van der Waals surface area contributed by atoms with Crippen LogP contribution in [-0.2, 0) is 11.3 Å². The molecule has 0 unspecified atom stereocenters. The topological polar surface area (TPSA) is 70.5 Å². The number of carbonyl (C=O) groups is 1. The average molecular weight is 302 g/mol. The Morgan fingerprint density at radius 1 is 1.18 bits per heavy atom. The van der Waals surface area contributed by atoms with Crippen LogP contribution >= 0.6 is 0 Å². The molecule has 22 heavy (non-hydrogen) atoms. The third-order valence-corrected chi connectivity index (χ3v) is 2.88. The van der Waals surface area contributed by atoms with Gasteiger partial charge in [0.1, 0.15) is 6.61 Å². The number of hydrogen-bond donors (Lipinski definition) is 0. The van der Waals surface area contributed by atoms with Crippen LogP contribution in [0.2, 0.25) is 0 Å². The lowest BCUT2D eigenvalue weighted by Crippen LogP contribution is -2.06. The van der Waals surface area contributed by atoms with Crippen molar-refractivity contribution >= 4 is 5.97 Å². The van der Waals surface area contributed by atoms with Gasteiger partial charge in [0.25, 0.3) is 0 Å². The number of methoxy groups -OCH3 is 1. The van der Waals surface area contributed by atoms with Crippen molar-refractivity contribution in [1.82, 2.24) is 9.97 Å². The molecule has 2 aromatic rings. The molecule has 6 nitrogen and oxygen atoms in total. The maximum Gasteiger partial charge on any atom is 0.338 e. The van der Waals surface area contributed by atoms with E-state index in [0.29, 0.717) is 29.4 Å². The molecule has 0 atom stereocenters. The Hall–Kier alpha value is -2.63. The van der Waals surface area contributed by atoms with E-state index in [9.17, 15) is 4.79 Å². The van der Waals surface area contributed by atoms with Crippen molar-refractivity contribution < 1.29 is 19.0 Å². The highest BCUT2D eigenvalue weighted by molar-refractivity contribution is 5.90. The lowest BCUT2D eigenvalue weighted by atomic mass is 10.2. The number of aromatic nitrogens is 2. The maximum atomic E-state index is 11.8. The zero-order valence-corrected chi connectivity index (χ0v) is 12.8. The van der Waals surface area contributed by atoms with E-state index in [4.69, 9.17) is 14.2 Å². The first kappa shape index (κ1) is 15.8. The summed E-state index contributed by atoms with van der Waals surface area (Å²) in [6.45, 7) is 4.17. The van der Waals surface area contributed by atoms with Crippen molar-refractivity contribution in [2.24, 2.45) is 0 Å². The first-order valence-corrected chi connectivity index (χ1v) is 6.89. The third-order valence-electron chi connectivity index (χ3n) is 2.88. The summed E-state index contributed by atoms with van der Waals surface area (Å²) in [5, 5.41) is 0. The molecule has 0 spiro atoms. The number of esters is 1. The summed E-state index contributed by atoms with van der Waals surface area (Å²) in [6, 6.07) is 4.90. The standard InChI is InChI=1S/C16H18N2O4/c1-4-21-16(19)12-5-6-14(20-3)15(7-12)22-10-13-9-17-11(2)8-18-13/h5-9H,4,10H2,1-3H3. The molecular formula is C16H18N2O4. The molecule has 6 heteroatoms. The molecule has 0 saturated heterocycles. The van der Waals surface area contributed by atoms with Gasteiger partial charge >= 0.3 is 5.97 Å². The van der Waals surface area contributed by atoms with Crippen molar-refractivity contribution in [2.75, 3.05) is 13.7 Å². The molecule has 0 fully saturated rings. The minimum atomic E-state index is -0.398. The molecule has 2 rings (SSSR count). The van der Waals surface area contributed by atoms with Crippen LogP contribution in [0.15, 0.2) is 30.6 Å². The van der Waals surface area contributed by atoms with Gasteiger partial charge in [-0.2, -0.15) is 0 Å². The molecule has 0 saturated carbocycles. The minimum absolute atomic E-state index is 0.232. The van der Waals surface area contributed by atoms with Gasteiger partial charge in [0, 0.05) is 6.20 Å². The zero-order chi connectivity index (χ0) is 15.9. The average Bonchev–Trinajstić information content (AvgIpc) is 2.54. The second-order valence-corrected chi connectivity index (χ2v) is 4.52. The van der Waals surface area contributed by atoms with Crippen LogP contribution in [0, 0.1) is 6.92 Å². The van der Waals surface area contributed by atoms with Gasteiger partial charge in [0.15, 0.2) is 11.5 Å². The van der Waals surface area contributed by atoms with Gasteiger partial charge in [-0.1, -0.05) is 0 Å². The molecular weight excluding hydrogens is 284 g/mol. The van der Waals surface area contributed by atoms with Crippen LogP contribution in [-0.4, -0.2) is 29.7 Å². The van der Waals surface area contributed by atoms with Gasteiger partial charge in [-0.15, -0.1) is 0 Å². The van der Waals surface area contributed by atoms with E-state index in [1.807, 2.05) is 6.92 Å². The summed E-state index contributed by atoms with van der Waals surface area (Å²) in [6.07, 6.45) is 3.32. The Morgan fingerprint density at radius 3 is 2.64 bits per heavy atom. The number of rotatable bonds is 6. The van der Waals surface area contributed by atoms with Crippen LogP contribution in [0.5, 0.6) is 11.5 Å². The Morgan fingerprint density at radius 2 is 2.00 bits per heavy atom. The van der Waals surface area contributed by atoms with E-state index in [1.165, 1.54) is 7.11 Å². The number of nitrogens with zero attached hydrogens (tertiary/aromatic N) is 2. The molecule has 1 aromatic carbocycles. The lowest BCUT2D eigenvalue weighted by Gasteiger charge is -2.11. The van der Waals surface area contributed by atoms with E-state index in [1.54, 1.807) is 37.5 Å². The molecule has 116 valence electrons. The monoisotopic (exact) mass is 302 g/mol. The van der Waals surface area contributed by atoms with E-state index in [0.717, 1.165) is 5.69 Å². The second-order valence-electron chi connectivity index (χ2n) is 4.52. The minimum Gasteiger partial charge on any atom is -0.493 e. The third kappa shape index (κ3) is 3.94. The summed E-state index contributed by atoms with van der Waals surface area (Å²) in [4.78, 5) is 20.1. The summed E-state index contributed by atoms with van der Waals surface area (Å²) < 4.78 is 15.9. The smallest absolute Gasteiger partial charge is 0.338 e. The zero-order valence-electron chi connectivity index (χ0n) is 12.8. The van der Waals surface area contributed by atoms with E-state index < -0.39 is 5.97 Å². The Balaban J connectivity index is 2.15. The summed E-state index contributed by atoms with van der Waals surface area (Å²) in [5.74, 6) is 0.591. The van der Waals surface area contributed by atoms with Gasteiger partial charge in [-0.05, 0) is 32.0 Å². The molecule has 0 N–H and O–H groups in total. The van der Waals surface area contributed by atoms with E-state index in [2.05, 4.69) is 9.97 Å². The maximum absolute atomic E-state index is 11.8. The second kappa shape index (κ2) is 7.40. The molecule has 0 radical (unpaired) electrons. The van der Waals surface area contributed by atoms with Crippen LogP contribution in [0.25, 0.3) is 0 Å². The quantitative estimate of drug-likeness (QED) is 0.764. The van der Waals surface area contributed by atoms with E-state index in [-0.39, 0.29) is 6.61 Å². The number of carbonyl (C=O) groups excluding carboxylic acids is 1. The van der Waals surface area contributed by atoms with Crippen LogP contribution in [0.3, 0.4) is 0 Å². The van der Waals surface area contributed by atoms with Crippen molar-refractivity contribution in [3.8, 4) is 11.5 Å². The predicted octanol–water partition coefficient (Wildman–Crippen LogP) is 2.55. The highest BCUT2D eigenvalue weighted by atomic mass is 16.5. The lowest BCUT2D eigenvalue weighted by molar-refractivity contribution is 0.0525. The fourth-order valence-electron chi connectivity index (χ4n) is 1.78. The molecule has 0 bridgehead atoms. The highest BCUT2D eigenvalue weighted by Gasteiger charge is 2.12. The number of ether oxygens (including phenoxy) is 3. The SMILES string of the molecule is CCOC(=O)c1ccc(OC)c(OCc2cnc(C)cn2)c1. The first-order valence-electron chi connectivity index (χ1n) is 6.89. The first-order chi connectivity index (χ1) is 10.6. The highest BCUT2D eigenvalue weighted by Crippen LogP contribution is 2.29. The largest absolute Gasteiger partial charge is 0.493 e. The van der Waals surface area contributed by atoms with E-state index >= 15 is 0 Å². The summed E-state index contributed by atoms with van der Waals surface area (Å²) in [7, 11) is 1.54. The summed E-state index contributed by atoms with van der Waals surface area (Å²) >= 11 is 0. The fourth-order valence-corrected chi connectivity index (χ4v) is 1.78. The number of hydrogen-bond acceptors (Lipinski definition) is 6. The van der Waals surface area contributed by atoms with Crippen LogP contribution < -0.4 is 9.47 Å². The van der Waals surface area contributed by atoms with Gasteiger partial charge in [-0.3, -0.25) is 9.97 Å².